The zero-order valence-electron chi connectivity index (χ0n) is 11.1. The largest absolute Gasteiger partial charge is 0.274 e. The summed E-state index contributed by atoms with van der Waals surface area (Å²) in [5.74, 6) is 0. The van der Waals surface area contributed by atoms with Crippen LogP contribution in [-0.2, 0) is 6.54 Å². The first kappa shape index (κ1) is 12.9. The van der Waals surface area contributed by atoms with Gasteiger partial charge in [-0.05, 0) is 30.0 Å². The van der Waals surface area contributed by atoms with Gasteiger partial charge >= 0.3 is 0 Å². The number of hydrogen-bond acceptors (Lipinski definition) is 3. The fourth-order valence-corrected chi connectivity index (χ4v) is 2.55. The quantitative estimate of drug-likeness (QED) is 0.692. The fraction of sp³-hybridized carbons (Fsp3) is 0.125. The summed E-state index contributed by atoms with van der Waals surface area (Å²) >= 11 is 1.70. The molecule has 100 valence electrons. The maximum absolute atomic E-state index is 12.4. The fourth-order valence-electron chi connectivity index (χ4n) is 2.14. The van der Waals surface area contributed by atoms with Crippen LogP contribution in [0.3, 0.4) is 0 Å². The summed E-state index contributed by atoms with van der Waals surface area (Å²) < 4.78 is 1.51. The minimum atomic E-state index is -0.0444. The van der Waals surface area contributed by atoms with Crippen molar-refractivity contribution >= 4 is 22.5 Å². The minimum Gasteiger partial charge on any atom is -0.267 e. The maximum atomic E-state index is 12.4. The Balaban J connectivity index is 1.98. The summed E-state index contributed by atoms with van der Waals surface area (Å²) in [6.07, 6.45) is 3.79. The molecule has 0 bridgehead atoms. The first-order valence-corrected chi connectivity index (χ1v) is 7.58. The van der Waals surface area contributed by atoms with Crippen LogP contribution in [-0.4, -0.2) is 16.0 Å². The lowest BCUT2D eigenvalue weighted by Crippen LogP contribution is -2.23. The SMILES string of the molecule is CSc1ccc(Cn2ncc3ccccc3c2=O)cc1. The molecule has 20 heavy (non-hydrogen) atoms. The Bertz CT molecular complexity index is 793. The minimum absolute atomic E-state index is 0.0444. The first-order valence-electron chi connectivity index (χ1n) is 6.36. The van der Waals surface area contributed by atoms with E-state index in [9.17, 15) is 4.79 Å². The van der Waals surface area contributed by atoms with Gasteiger partial charge in [-0.25, -0.2) is 4.68 Å². The molecule has 1 heterocycles. The third-order valence-corrected chi connectivity index (χ3v) is 4.00. The molecule has 0 atom stereocenters. The molecule has 2 aromatic carbocycles. The number of aromatic nitrogens is 2. The summed E-state index contributed by atoms with van der Waals surface area (Å²) in [5.41, 5.74) is 1.03. The predicted molar refractivity (Wildman–Crippen MR) is 83.3 cm³/mol. The molecule has 0 amide bonds. The van der Waals surface area contributed by atoms with Gasteiger partial charge in [0.05, 0.1) is 18.1 Å². The van der Waals surface area contributed by atoms with Crippen LogP contribution in [0.1, 0.15) is 5.56 Å². The van der Waals surface area contributed by atoms with Crippen molar-refractivity contribution in [1.82, 2.24) is 9.78 Å². The van der Waals surface area contributed by atoms with Crippen molar-refractivity contribution in [3.8, 4) is 0 Å². The highest BCUT2D eigenvalue weighted by Gasteiger charge is 2.04. The van der Waals surface area contributed by atoms with Crippen LogP contribution in [0.15, 0.2) is 64.4 Å². The van der Waals surface area contributed by atoms with E-state index in [1.165, 1.54) is 9.58 Å². The average molecular weight is 282 g/mol. The molecule has 0 N–H and O–H groups in total. The molecule has 3 nitrogen and oxygen atoms in total. The molecular formula is C16H14N2OS. The Morgan fingerprint density at radius 1 is 1.10 bits per heavy atom. The van der Waals surface area contributed by atoms with E-state index in [4.69, 9.17) is 0 Å². The molecule has 1 aromatic heterocycles. The highest BCUT2D eigenvalue weighted by molar-refractivity contribution is 7.98. The summed E-state index contributed by atoms with van der Waals surface area (Å²) in [7, 11) is 0. The monoisotopic (exact) mass is 282 g/mol. The highest BCUT2D eigenvalue weighted by Crippen LogP contribution is 2.15. The van der Waals surface area contributed by atoms with Gasteiger partial charge in [-0.1, -0.05) is 30.3 Å². The van der Waals surface area contributed by atoms with Gasteiger partial charge in [0.1, 0.15) is 0 Å². The topological polar surface area (TPSA) is 34.9 Å². The van der Waals surface area contributed by atoms with E-state index in [-0.39, 0.29) is 5.56 Å². The van der Waals surface area contributed by atoms with E-state index in [1.54, 1.807) is 18.0 Å². The zero-order chi connectivity index (χ0) is 13.9. The summed E-state index contributed by atoms with van der Waals surface area (Å²) in [4.78, 5) is 13.6. The molecule has 0 aliphatic heterocycles. The molecule has 0 aliphatic carbocycles. The van der Waals surface area contributed by atoms with Crippen molar-refractivity contribution in [2.45, 2.75) is 11.4 Å². The first-order chi connectivity index (χ1) is 9.78. The number of nitrogens with zero attached hydrogens (tertiary/aromatic N) is 2. The maximum Gasteiger partial charge on any atom is 0.274 e. The van der Waals surface area contributed by atoms with Gasteiger partial charge in [-0.2, -0.15) is 5.10 Å². The van der Waals surface area contributed by atoms with Crippen molar-refractivity contribution in [3.63, 3.8) is 0 Å². The zero-order valence-corrected chi connectivity index (χ0v) is 11.9. The predicted octanol–water partition coefficient (Wildman–Crippen LogP) is 3.17. The Kier molecular flexibility index (Phi) is 3.56. The van der Waals surface area contributed by atoms with Crippen LogP contribution in [0.2, 0.25) is 0 Å². The van der Waals surface area contributed by atoms with E-state index >= 15 is 0 Å². The second-order valence-electron chi connectivity index (χ2n) is 4.54. The van der Waals surface area contributed by atoms with Crippen LogP contribution in [0.4, 0.5) is 0 Å². The summed E-state index contributed by atoms with van der Waals surface area (Å²) in [5, 5.41) is 5.84. The Morgan fingerprint density at radius 3 is 2.60 bits per heavy atom. The van der Waals surface area contributed by atoms with Gasteiger partial charge in [0.15, 0.2) is 0 Å². The molecule has 0 aliphatic rings. The number of fused-ring (bicyclic) bond motifs is 1. The van der Waals surface area contributed by atoms with Crippen molar-refractivity contribution in [1.29, 1.82) is 0 Å². The molecule has 0 saturated heterocycles. The van der Waals surface area contributed by atoms with Crippen LogP contribution < -0.4 is 5.56 Å². The normalized spacial score (nSPS) is 10.8. The Morgan fingerprint density at radius 2 is 1.85 bits per heavy atom. The Hall–Kier alpha value is -2.07. The average Bonchev–Trinajstić information content (AvgIpc) is 2.51. The number of rotatable bonds is 3. The number of benzene rings is 2. The molecule has 0 radical (unpaired) electrons. The third kappa shape index (κ3) is 2.47. The molecule has 4 heteroatoms. The highest BCUT2D eigenvalue weighted by atomic mass is 32.2. The summed E-state index contributed by atoms with van der Waals surface area (Å²) in [6, 6.07) is 15.7. The van der Waals surface area contributed by atoms with E-state index < -0.39 is 0 Å². The van der Waals surface area contributed by atoms with Crippen LogP contribution >= 0.6 is 11.8 Å². The summed E-state index contributed by atoms with van der Waals surface area (Å²) in [6.45, 7) is 0.498. The van der Waals surface area contributed by atoms with Crippen LogP contribution in [0, 0.1) is 0 Å². The standard InChI is InChI=1S/C16H14N2OS/c1-20-14-8-6-12(7-9-14)11-18-16(19)15-5-3-2-4-13(15)10-17-18/h2-10H,11H2,1H3. The van der Waals surface area contributed by atoms with Crippen molar-refractivity contribution < 1.29 is 0 Å². The second-order valence-corrected chi connectivity index (χ2v) is 5.42. The molecule has 0 spiro atoms. The number of thioether (sulfide) groups is 1. The molecule has 0 unspecified atom stereocenters. The van der Waals surface area contributed by atoms with E-state index in [0.29, 0.717) is 11.9 Å². The van der Waals surface area contributed by atoms with Gasteiger partial charge in [0, 0.05) is 10.3 Å². The van der Waals surface area contributed by atoms with Gasteiger partial charge < -0.3 is 0 Å². The van der Waals surface area contributed by atoms with E-state index in [0.717, 1.165) is 10.9 Å². The van der Waals surface area contributed by atoms with Gasteiger partial charge in [0.25, 0.3) is 5.56 Å². The Labute approximate surface area is 121 Å². The number of hydrogen-bond donors (Lipinski definition) is 0. The molecule has 0 saturated carbocycles. The molecule has 3 aromatic rings. The van der Waals surface area contributed by atoms with E-state index in [2.05, 4.69) is 17.2 Å². The van der Waals surface area contributed by atoms with Crippen LogP contribution in [0.5, 0.6) is 0 Å². The van der Waals surface area contributed by atoms with Crippen molar-refractivity contribution in [2.24, 2.45) is 0 Å². The van der Waals surface area contributed by atoms with Crippen molar-refractivity contribution in [2.75, 3.05) is 6.26 Å². The van der Waals surface area contributed by atoms with Crippen molar-refractivity contribution in [3.05, 3.63) is 70.6 Å². The van der Waals surface area contributed by atoms with E-state index in [1.807, 2.05) is 42.7 Å². The third-order valence-electron chi connectivity index (χ3n) is 3.25. The smallest absolute Gasteiger partial charge is 0.267 e. The molecular weight excluding hydrogens is 268 g/mol. The van der Waals surface area contributed by atoms with Gasteiger partial charge in [-0.15, -0.1) is 11.8 Å². The van der Waals surface area contributed by atoms with Gasteiger partial charge in [0.2, 0.25) is 0 Å². The molecule has 3 rings (SSSR count). The lowest BCUT2D eigenvalue weighted by atomic mass is 10.2. The second kappa shape index (κ2) is 5.51. The lowest BCUT2D eigenvalue weighted by molar-refractivity contribution is 0.647. The molecule has 0 fully saturated rings. The van der Waals surface area contributed by atoms with Gasteiger partial charge in [-0.3, -0.25) is 4.79 Å². The lowest BCUT2D eigenvalue weighted by Gasteiger charge is -2.06. The van der Waals surface area contributed by atoms with Crippen LogP contribution in [0.25, 0.3) is 10.8 Å².